The van der Waals surface area contributed by atoms with Gasteiger partial charge >= 0.3 is 5.97 Å². The van der Waals surface area contributed by atoms with Crippen molar-refractivity contribution in [3.8, 4) is 11.1 Å². The lowest BCUT2D eigenvalue weighted by Gasteiger charge is -2.35. The molecule has 0 radical (unpaired) electrons. The van der Waals surface area contributed by atoms with E-state index in [2.05, 4.69) is 29.6 Å². The van der Waals surface area contributed by atoms with E-state index in [9.17, 15) is 4.79 Å². The Kier molecular flexibility index (Phi) is 7.03. The van der Waals surface area contributed by atoms with Gasteiger partial charge in [0.25, 0.3) is 0 Å². The van der Waals surface area contributed by atoms with E-state index in [-0.39, 0.29) is 17.9 Å². The van der Waals surface area contributed by atoms with Crippen LogP contribution in [0, 0.1) is 0 Å². The number of carbonyl (C=O) groups is 1. The molecule has 1 aliphatic heterocycles. The average Bonchev–Trinajstić information content (AvgIpc) is 2.81. The van der Waals surface area contributed by atoms with E-state index in [1.165, 1.54) is 5.56 Å². The van der Waals surface area contributed by atoms with Crippen LogP contribution in [0.25, 0.3) is 11.1 Å². The Morgan fingerprint density at radius 1 is 1.03 bits per heavy atom. The van der Waals surface area contributed by atoms with Crippen LogP contribution in [-0.4, -0.2) is 36.7 Å². The molecule has 0 aromatic heterocycles. The van der Waals surface area contributed by atoms with Gasteiger partial charge in [0, 0.05) is 24.7 Å². The number of hydrogen-bond donors (Lipinski definition) is 1. The third kappa shape index (κ3) is 5.53. The average molecular weight is 435 g/mol. The van der Waals surface area contributed by atoms with E-state index < -0.39 is 0 Å². The molecule has 3 aromatic rings. The smallest absolute Gasteiger partial charge is 0.332 e. The molecule has 4 nitrogen and oxygen atoms in total. The Balaban J connectivity index is 1.40. The highest BCUT2D eigenvalue weighted by atomic mass is 35.5. The van der Waals surface area contributed by atoms with Crippen LogP contribution in [0.5, 0.6) is 0 Å². The van der Waals surface area contributed by atoms with Crippen molar-refractivity contribution in [1.29, 1.82) is 0 Å². The summed E-state index contributed by atoms with van der Waals surface area (Å²) in [7, 11) is 0. The molecule has 0 saturated carbocycles. The lowest BCUT2D eigenvalue weighted by atomic mass is 10.00. The molecule has 0 bridgehead atoms. The van der Waals surface area contributed by atoms with E-state index in [0.29, 0.717) is 6.54 Å². The highest BCUT2D eigenvalue weighted by Crippen LogP contribution is 2.23. The van der Waals surface area contributed by atoms with Gasteiger partial charge in [0.2, 0.25) is 0 Å². The topological polar surface area (TPSA) is 41.6 Å². The van der Waals surface area contributed by atoms with Crippen molar-refractivity contribution in [2.75, 3.05) is 19.6 Å². The van der Waals surface area contributed by atoms with E-state index in [4.69, 9.17) is 16.4 Å². The van der Waals surface area contributed by atoms with Crippen molar-refractivity contribution < 1.29 is 9.63 Å². The second kappa shape index (κ2) is 10.1. The third-order valence-corrected chi connectivity index (χ3v) is 6.01. The zero-order valence-corrected chi connectivity index (χ0v) is 18.4. The Morgan fingerprint density at radius 3 is 2.35 bits per heavy atom. The number of nitrogens with zero attached hydrogens (tertiary/aromatic N) is 1. The maximum Gasteiger partial charge on any atom is 0.332 e. The Morgan fingerprint density at radius 2 is 1.68 bits per heavy atom. The molecule has 1 N–H and O–H groups in total. The molecule has 5 heteroatoms. The van der Waals surface area contributed by atoms with Gasteiger partial charge in [0.15, 0.2) is 0 Å². The van der Waals surface area contributed by atoms with E-state index in [1.807, 2.05) is 66.6 Å². The molecular formula is C26H27ClN2O2. The van der Waals surface area contributed by atoms with Crippen LogP contribution < -0.4 is 5.32 Å². The van der Waals surface area contributed by atoms with E-state index in [1.54, 1.807) is 0 Å². The Hall–Kier alpha value is -2.66. The summed E-state index contributed by atoms with van der Waals surface area (Å²) in [6, 6.07) is 26.3. The Labute approximate surface area is 188 Å². The fraction of sp³-hybridized carbons (Fsp3) is 0.269. The number of hydrogen-bond acceptors (Lipinski definition) is 4. The quantitative estimate of drug-likeness (QED) is 0.587. The third-order valence-electron chi connectivity index (χ3n) is 5.76. The second-order valence-electron chi connectivity index (χ2n) is 7.95. The van der Waals surface area contributed by atoms with Gasteiger partial charge in [-0.05, 0) is 47.7 Å². The molecule has 2 atom stereocenters. The molecule has 0 amide bonds. The van der Waals surface area contributed by atoms with E-state index in [0.717, 1.165) is 41.2 Å². The second-order valence-corrected chi connectivity index (χ2v) is 8.39. The van der Waals surface area contributed by atoms with Gasteiger partial charge in [-0.3, -0.25) is 0 Å². The van der Waals surface area contributed by atoms with Crippen molar-refractivity contribution in [1.82, 2.24) is 10.4 Å². The zero-order valence-electron chi connectivity index (χ0n) is 17.6. The van der Waals surface area contributed by atoms with Crippen LogP contribution >= 0.6 is 11.6 Å². The van der Waals surface area contributed by atoms with Gasteiger partial charge < -0.3 is 10.2 Å². The minimum Gasteiger partial charge on any atom is -0.367 e. The molecule has 2 unspecified atom stereocenters. The summed E-state index contributed by atoms with van der Waals surface area (Å²) in [6.07, 6.45) is 0.806. The maximum absolute atomic E-state index is 12.7. The molecular weight excluding hydrogens is 408 g/mol. The van der Waals surface area contributed by atoms with Crippen LogP contribution in [0.1, 0.15) is 24.0 Å². The number of hydroxylamine groups is 2. The lowest BCUT2D eigenvalue weighted by Crippen LogP contribution is -2.52. The highest BCUT2D eigenvalue weighted by Gasteiger charge is 2.28. The standard InChI is InChI=1S/C26H27ClN2O2/c1-19(21-5-3-2-4-6-21)26(30)31-29-16-15-28-18-25(29)17-20-7-9-22(10-8-20)23-11-13-24(27)14-12-23/h2-14,19,25,28H,15-18H2,1H3. The normalized spacial score (nSPS) is 17.8. The molecule has 1 aliphatic rings. The summed E-state index contributed by atoms with van der Waals surface area (Å²) in [6.45, 7) is 4.16. The number of benzene rings is 3. The predicted octanol–water partition coefficient (Wildman–Crippen LogP) is 5.09. The van der Waals surface area contributed by atoms with Gasteiger partial charge in [-0.2, -0.15) is 0 Å². The first-order valence-electron chi connectivity index (χ1n) is 10.7. The van der Waals surface area contributed by atoms with Crippen LogP contribution in [0.2, 0.25) is 5.02 Å². The number of piperazine rings is 1. The van der Waals surface area contributed by atoms with Crippen molar-refractivity contribution in [3.63, 3.8) is 0 Å². The van der Waals surface area contributed by atoms with Crippen molar-refractivity contribution in [2.24, 2.45) is 0 Å². The first kappa shape index (κ1) is 21.6. The summed E-state index contributed by atoms with van der Waals surface area (Å²) in [5.74, 6) is -0.508. The summed E-state index contributed by atoms with van der Waals surface area (Å²) >= 11 is 5.99. The first-order chi connectivity index (χ1) is 15.1. The summed E-state index contributed by atoms with van der Waals surface area (Å²) in [5, 5.41) is 6.01. The van der Waals surface area contributed by atoms with Gasteiger partial charge in [0.1, 0.15) is 0 Å². The number of nitrogens with one attached hydrogen (secondary N) is 1. The first-order valence-corrected chi connectivity index (χ1v) is 11.1. The van der Waals surface area contributed by atoms with Crippen LogP contribution in [-0.2, 0) is 16.1 Å². The predicted molar refractivity (Wildman–Crippen MR) is 125 cm³/mol. The van der Waals surface area contributed by atoms with Gasteiger partial charge in [-0.1, -0.05) is 78.3 Å². The van der Waals surface area contributed by atoms with Gasteiger partial charge in [0.05, 0.1) is 12.0 Å². The summed E-state index contributed by atoms with van der Waals surface area (Å²) in [5.41, 5.74) is 4.48. The van der Waals surface area contributed by atoms with Gasteiger partial charge in [-0.15, -0.1) is 5.06 Å². The SMILES string of the molecule is CC(C(=O)ON1CCNCC1Cc1ccc(-c2ccc(Cl)cc2)cc1)c1ccccc1. The molecule has 0 spiro atoms. The highest BCUT2D eigenvalue weighted by molar-refractivity contribution is 6.30. The Bertz CT molecular complexity index is 990. The molecule has 3 aromatic carbocycles. The molecule has 1 heterocycles. The largest absolute Gasteiger partial charge is 0.367 e. The molecule has 4 rings (SSSR count). The fourth-order valence-electron chi connectivity index (χ4n) is 3.86. The molecule has 1 saturated heterocycles. The van der Waals surface area contributed by atoms with Gasteiger partial charge in [-0.25, -0.2) is 4.79 Å². The zero-order chi connectivity index (χ0) is 21.6. The molecule has 160 valence electrons. The molecule has 31 heavy (non-hydrogen) atoms. The van der Waals surface area contributed by atoms with Crippen LogP contribution in [0.4, 0.5) is 0 Å². The number of carbonyl (C=O) groups excluding carboxylic acids is 1. The lowest BCUT2D eigenvalue weighted by molar-refractivity contribution is -0.207. The minimum atomic E-state index is -0.296. The molecule has 1 fully saturated rings. The van der Waals surface area contributed by atoms with E-state index >= 15 is 0 Å². The fourth-order valence-corrected chi connectivity index (χ4v) is 3.98. The van der Waals surface area contributed by atoms with Crippen molar-refractivity contribution in [2.45, 2.75) is 25.3 Å². The number of halogens is 1. The monoisotopic (exact) mass is 434 g/mol. The summed E-state index contributed by atoms with van der Waals surface area (Å²) < 4.78 is 0. The maximum atomic E-state index is 12.7. The molecule has 0 aliphatic carbocycles. The van der Waals surface area contributed by atoms with Crippen molar-refractivity contribution in [3.05, 3.63) is 95.0 Å². The van der Waals surface area contributed by atoms with Crippen LogP contribution in [0.15, 0.2) is 78.9 Å². The van der Waals surface area contributed by atoms with Crippen molar-refractivity contribution >= 4 is 17.6 Å². The summed E-state index contributed by atoms with van der Waals surface area (Å²) in [4.78, 5) is 18.6. The minimum absolute atomic E-state index is 0.0991. The van der Waals surface area contributed by atoms with Crippen LogP contribution in [0.3, 0.4) is 0 Å². The number of rotatable bonds is 6.